The van der Waals surface area contributed by atoms with Crippen molar-refractivity contribution < 1.29 is 42.0 Å². The quantitative estimate of drug-likeness (QED) is 0.0794. The topological polar surface area (TPSA) is 328 Å². The lowest BCUT2D eigenvalue weighted by molar-refractivity contribution is -0.0310. The number of azide groups is 2. The molecule has 25 heteroatoms. The van der Waals surface area contributed by atoms with Crippen LogP contribution in [0.25, 0.3) is 20.9 Å². The Balaban J connectivity index is 1.31. The van der Waals surface area contributed by atoms with Crippen LogP contribution in [0.2, 0.25) is 0 Å². The standard InChI is InChI=1S/C27H32N10O13P2/c1-14-10-36(26(40)30-23(14)38)21-8-17(32-34-28)19(48-21)12-46-51(42,43)25(16-6-4-3-5-7-16)50-52(44,45)47-13-20-18(33-35-29)9-22(49-20)37-11-15(2)24(39)31-27(37)41/h3-7,10-11,17-22,25H,8-9,12-13H2,1-2H3,(H,42,43)(H,44,45)(H,30,38,40)(H,31,39,41)/t17-,18-,19+,20+,21+,22+,25?/m0/s1. The molecule has 2 aliphatic heterocycles. The molecule has 3 aromatic rings. The third-order valence-electron chi connectivity index (χ3n) is 8.16. The van der Waals surface area contributed by atoms with Crippen LogP contribution in [0.5, 0.6) is 0 Å². The molecular weight excluding hydrogens is 734 g/mol. The van der Waals surface area contributed by atoms with Crippen molar-refractivity contribution in [3.63, 3.8) is 0 Å². The van der Waals surface area contributed by atoms with Crippen molar-refractivity contribution in [1.29, 1.82) is 0 Å². The van der Waals surface area contributed by atoms with Crippen LogP contribution in [-0.2, 0) is 32.2 Å². The predicted molar refractivity (Wildman–Crippen MR) is 177 cm³/mol. The Bertz CT molecular complexity index is 2230. The first-order valence-electron chi connectivity index (χ1n) is 15.3. The second-order valence-electron chi connectivity index (χ2n) is 11.7. The van der Waals surface area contributed by atoms with Gasteiger partial charge in [-0.2, -0.15) is 0 Å². The van der Waals surface area contributed by atoms with E-state index in [1.54, 1.807) is 6.07 Å². The summed E-state index contributed by atoms with van der Waals surface area (Å²) in [5.41, 5.74) is 15.6. The van der Waals surface area contributed by atoms with Gasteiger partial charge in [-0.3, -0.25) is 42.3 Å². The summed E-state index contributed by atoms with van der Waals surface area (Å²) in [6, 6.07) is 5.10. The smallest absolute Gasteiger partial charge is 0.352 e. The predicted octanol–water partition coefficient (Wildman–Crippen LogP) is 2.67. The highest BCUT2D eigenvalue weighted by Gasteiger charge is 2.45. The normalized spacial score (nSPS) is 25.7. The zero-order valence-electron chi connectivity index (χ0n) is 27.3. The van der Waals surface area contributed by atoms with Crippen LogP contribution in [0, 0.1) is 13.8 Å². The molecule has 278 valence electrons. The number of phosphoric ester groups is 1. The fourth-order valence-corrected chi connectivity index (χ4v) is 8.20. The van der Waals surface area contributed by atoms with E-state index < -0.39 is 93.7 Å². The molecule has 23 nitrogen and oxygen atoms in total. The minimum atomic E-state index is -5.27. The summed E-state index contributed by atoms with van der Waals surface area (Å²) < 4.78 is 56.4. The van der Waals surface area contributed by atoms with Gasteiger partial charge in [-0.15, -0.1) is 0 Å². The fourth-order valence-electron chi connectivity index (χ4n) is 5.55. The first-order valence-corrected chi connectivity index (χ1v) is 18.5. The molecular formula is C27H32N10O13P2. The Labute approximate surface area is 291 Å². The van der Waals surface area contributed by atoms with E-state index in [0.717, 1.165) is 9.13 Å². The number of aryl methyl sites for hydroxylation is 2. The van der Waals surface area contributed by atoms with E-state index in [0.29, 0.717) is 0 Å². The van der Waals surface area contributed by atoms with Gasteiger partial charge in [0.05, 0.1) is 37.5 Å². The Morgan fingerprint density at radius 1 is 0.846 bits per heavy atom. The summed E-state index contributed by atoms with van der Waals surface area (Å²) in [7, 11) is -10.4. The Morgan fingerprint density at radius 3 is 1.77 bits per heavy atom. The number of hydrogen-bond acceptors (Lipinski definition) is 13. The average molecular weight is 767 g/mol. The molecule has 9 atom stereocenters. The molecule has 3 unspecified atom stereocenters. The van der Waals surface area contributed by atoms with Crippen LogP contribution >= 0.6 is 15.4 Å². The molecule has 4 heterocycles. The summed E-state index contributed by atoms with van der Waals surface area (Å²) in [5.74, 6) is -2.13. The van der Waals surface area contributed by atoms with E-state index >= 15 is 0 Å². The van der Waals surface area contributed by atoms with Crippen LogP contribution in [-0.4, -0.2) is 66.4 Å². The highest BCUT2D eigenvalue weighted by Crippen LogP contribution is 2.64. The summed E-state index contributed by atoms with van der Waals surface area (Å²) in [6.45, 7) is 1.44. The first-order chi connectivity index (χ1) is 24.6. The van der Waals surface area contributed by atoms with Gasteiger partial charge in [0, 0.05) is 46.2 Å². The zero-order chi connectivity index (χ0) is 37.8. The number of phosphoric acid groups is 1. The summed E-state index contributed by atoms with van der Waals surface area (Å²) >= 11 is 0. The van der Waals surface area contributed by atoms with Crippen LogP contribution in [0.4, 0.5) is 0 Å². The molecule has 0 amide bonds. The molecule has 0 bridgehead atoms. The van der Waals surface area contributed by atoms with Gasteiger partial charge < -0.3 is 23.8 Å². The third-order valence-corrected chi connectivity index (χ3v) is 10.8. The fraction of sp³-hybridized carbons (Fsp3) is 0.481. The molecule has 5 rings (SSSR count). The second kappa shape index (κ2) is 16.0. The molecule has 0 saturated carbocycles. The molecule has 0 radical (unpaired) electrons. The molecule has 2 saturated heterocycles. The van der Waals surface area contributed by atoms with Gasteiger partial charge in [-0.1, -0.05) is 40.6 Å². The van der Waals surface area contributed by atoms with E-state index in [-0.39, 0.29) is 29.5 Å². The number of hydrogen-bond donors (Lipinski definition) is 4. The Kier molecular flexibility index (Phi) is 11.8. The molecule has 0 aliphatic carbocycles. The van der Waals surface area contributed by atoms with E-state index in [1.165, 1.54) is 50.5 Å². The molecule has 2 aromatic heterocycles. The van der Waals surface area contributed by atoms with E-state index in [4.69, 9.17) is 34.1 Å². The van der Waals surface area contributed by atoms with Crippen LogP contribution in [0.1, 0.15) is 47.8 Å². The van der Waals surface area contributed by atoms with Gasteiger partial charge in [-0.05, 0) is 30.5 Å². The SMILES string of the molecule is Cc1cn([C@H]2C[C@H](N=[N+]=[N-])[C@@H](COP(=O)(O)OC(c3ccccc3)P(=O)(O)OC[C@H]3O[C@@H](n4cc(C)c(=O)[nH]c4=O)C[C@@H]3N=[N+]=[N-])O2)c(=O)[nH]c1=O. The molecule has 2 fully saturated rings. The van der Waals surface area contributed by atoms with E-state index in [2.05, 4.69) is 30.0 Å². The Hall–Kier alpha value is -4.62. The van der Waals surface area contributed by atoms with Crippen molar-refractivity contribution in [3.8, 4) is 0 Å². The minimum Gasteiger partial charge on any atom is -0.352 e. The maximum Gasteiger partial charge on any atom is 0.473 e. The molecule has 2 aliphatic rings. The van der Waals surface area contributed by atoms with Gasteiger partial charge in [0.15, 0.2) is 5.85 Å². The number of nitrogens with zero attached hydrogens (tertiary/aromatic N) is 8. The zero-order valence-corrected chi connectivity index (χ0v) is 29.1. The second-order valence-corrected chi connectivity index (χ2v) is 15.0. The lowest BCUT2D eigenvalue weighted by Crippen LogP contribution is -2.33. The van der Waals surface area contributed by atoms with Crippen molar-refractivity contribution in [2.75, 3.05) is 13.2 Å². The average Bonchev–Trinajstić information content (AvgIpc) is 3.69. The molecule has 52 heavy (non-hydrogen) atoms. The van der Waals surface area contributed by atoms with Crippen molar-refractivity contribution in [3.05, 3.63) is 122 Å². The summed E-state index contributed by atoms with van der Waals surface area (Å²) in [5, 5.41) is 7.25. The van der Waals surface area contributed by atoms with Gasteiger partial charge in [0.2, 0.25) is 0 Å². The summed E-state index contributed by atoms with van der Waals surface area (Å²) in [4.78, 5) is 80.0. The lowest BCUT2D eigenvalue weighted by Gasteiger charge is -2.27. The van der Waals surface area contributed by atoms with E-state index in [1.807, 2.05) is 0 Å². The lowest BCUT2D eigenvalue weighted by atomic mass is 10.1. The number of rotatable bonds is 14. The van der Waals surface area contributed by atoms with Gasteiger partial charge in [0.25, 0.3) is 11.1 Å². The van der Waals surface area contributed by atoms with Crippen molar-refractivity contribution in [1.82, 2.24) is 19.1 Å². The first kappa shape index (κ1) is 38.6. The number of aromatic amines is 2. The number of H-pyrrole nitrogens is 2. The number of nitrogens with one attached hydrogen (secondary N) is 2. The Morgan fingerprint density at radius 2 is 1.31 bits per heavy atom. The number of aromatic nitrogens is 4. The van der Waals surface area contributed by atoms with Crippen LogP contribution < -0.4 is 22.5 Å². The highest BCUT2D eigenvalue weighted by molar-refractivity contribution is 7.54. The molecule has 0 spiro atoms. The van der Waals surface area contributed by atoms with Crippen molar-refractivity contribution >= 4 is 15.4 Å². The van der Waals surface area contributed by atoms with Gasteiger partial charge >= 0.3 is 26.8 Å². The third kappa shape index (κ3) is 8.87. The highest BCUT2D eigenvalue weighted by atomic mass is 31.2. The summed E-state index contributed by atoms with van der Waals surface area (Å²) in [6.07, 6.45) is -2.20. The van der Waals surface area contributed by atoms with Gasteiger partial charge in [0.1, 0.15) is 12.5 Å². The largest absolute Gasteiger partial charge is 0.473 e. The molecule has 1 aromatic carbocycles. The van der Waals surface area contributed by atoms with E-state index in [9.17, 15) is 38.1 Å². The maximum absolute atomic E-state index is 13.7. The van der Waals surface area contributed by atoms with Gasteiger partial charge in [-0.25, -0.2) is 14.2 Å². The monoisotopic (exact) mass is 766 g/mol. The van der Waals surface area contributed by atoms with Crippen LogP contribution in [0.15, 0.2) is 72.1 Å². The molecule has 4 N–H and O–H groups in total. The minimum absolute atomic E-state index is 0.0739. The van der Waals surface area contributed by atoms with Crippen molar-refractivity contribution in [2.45, 2.75) is 69.3 Å². The maximum atomic E-state index is 13.7. The number of benzene rings is 1. The van der Waals surface area contributed by atoms with Crippen LogP contribution in [0.3, 0.4) is 0 Å². The van der Waals surface area contributed by atoms with Crippen molar-refractivity contribution in [2.24, 2.45) is 10.2 Å². The number of ether oxygens (including phenoxy) is 2.